The topological polar surface area (TPSA) is 96.5 Å². The molecule has 3 N–H and O–H groups in total. The van der Waals surface area contributed by atoms with Crippen LogP contribution < -0.4 is 16.0 Å². The molecule has 0 aromatic heterocycles. The molecule has 0 aliphatic heterocycles. The third-order valence-electron chi connectivity index (χ3n) is 4.71. The van der Waals surface area contributed by atoms with Gasteiger partial charge in [-0.1, -0.05) is 49.6 Å². The van der Waals surface area contributed by atoms with Crippen LogP contribution in [0.15, 0.2) is 30.3 Å². The first-order valence-electron chi connectivity index (χ1n) is 9.54. The number of hydrogen-bond donors (Lipinski definition) is 3. The molecule has 1 atom stereocenters. The van der Waals surface area contributed by atoms with E-state index in [4.69, 9.17) is 4.74 Å². The molecule has 2 rings (SSSR count). The molecule has 148 valence electrons. The van der Waals surface area contributed by atoms with Crippen molar-refractivity contribution in [2.24, 2.45) is 0 Å². The second kappa shape index (κ2) is 11.2. The lowest BCUT2D eigenvalue weighted by Gasteiger charge is -2.23. The number of methoxy groups -OCH3 is 1. The van der Waals surface area contributed by atoms with Crippen LogP contribution in [-0.2, 0) is 14.3 Å². The predicted molar refractivity (Wildman–Crippen MR) is 102 cm³/mol. The molecule has 0 heterocycles. The van der Waals surface area contributed by atoms with Crippen LogP contribution in [-0.4, -0.2) is 37.6 Å². The highest BCUT2D eigenvalue weighted by Gasteiger charge is 2.19. The van der Waals surface area contributed by atoms with Crippen LogP contribution in [0.1, 0.15) is 56.6 Å². The van der Waals surface area contributed by atoms with E-state index in [2.05, 4.69) is 16.0 Å². The van der Waals surface area contributed by atoms with Crippen LogP contribution >= 0.6 is 0 Å². The molecule has 7 nitrogen and oxygen atoms in total. The predicted octanol–water partition coefficient (Wildman–Crippen LogP) is 2.43. The second-order valence-corrected chi connectivity index (χ2v) is 6.80. The van der Waals surface area contributed by atoms with Crippen LogP contribution in [0.2, 0.25) is 0 Å². The van der Waals surface area contributed by atoms with E-state index >= 15 is 0 Å². The lowest BCUT2D eigenvalue weighted by atomic mass is 9.96. The van der Waals surface area contributed by atoms with Crippen LogP contribution in [0.25, 0.3) is 0 Å². The molecule has 0 saturated heterocycles. The van der Waals surface area contributed by atoms with Gasteiger partial charge in [0.2, 0.25) is 5.91 Å². The SMILES string of the molecule is COC(=O)CC(NC(=O)CCNC(=O)NC1CCCCC1)c1ccccc1. The number of nitrogens with one attached hydrogen (secondary N) is 3. The minimum Gasteiger partial charge on any atom is -0.469 e. The molecule has 1 aromatic rings. The molecule has 1 aromatic carbocycles. The van der Waals surface area contributed by atoms with Gasteiger partial charge in [0, 0.05) is 19.0 Å². The fourth-order valence-electron chi connectivity index (χ4n) is 3.23. The van der Waals surface area contributed by atoms with Gasteiger partial charge >= 0.3 is 12.0 Å². The van der Waals surface area contributed by atoms with Crippen molar-refractivity contribution in [1.82, 2.24) is 16.0 Å². The zero-order valence-corrected chi connectivity index (χ0v) is 15.8. The molecule has 3 amide bonds. The molecule has 0 bridgehead atoms. The summed E-state index contributed by atoms with van der Waals surface area (Å²) in [6.45, 7) is 0.240. The number of carbonyl (C=O) groups excluding carboxylic acids is 3. The van der Waals surface area contributed by atoms with E-state index in [-0.39, 0.29) is 37.4 Å². The molecular weight excluding hydrogens is 346 g/mol. The highest BCUT2D eigenvalue weighted by Crippen LogP contribution is 2.18. The van der Waals surface area contributed by atoms with Crippen molar-refractivity contribution in [1.29, 1.82) is 0 Å². The van der Waals surface area contributed by atoms with E-state index < -0.39 is 12.0 Å². The number of esters is 1. The Hall–Kier alpha value is -2.57. The number of carbonyl (C=O) groups is 3. The molecule has 0 radical (unpaired) electrons. The summed E-state index contributed by atoms with van der Waals surface area (Å²) in [4.78, 5) is 35.8. The maximum absolute atomic E-state index is 12.2. The van der Waals surface area contributed by atoms with Gasteiger partial charge in [-0.05, 0) is 18.4 Å². The number of rotatable bonds is 8. The van der Waals surface area contributed by atoms with Crippen molar-refractivity contribution in [3.8, 4) is 0 Å². The first-order chi connectivity index (χ1) is 13.1. The fraction of sp³-hybridized carbons (Fsp3) is 0.550. The first kappa shape index (κ1) is 20.7. The van der Waals surface area contributed by atoms with Gasteiger partial charge in [-0.2, -0.15) is 0 Å². The van der Waals surface area contributed by atoms with E-state index in [9.17, 15) is 14.4 Å². The van der Waals surface area contributed by atoms with Crippen molar-refractivity contribution >= 4 is 17.9 Å². The number of ether oxygens (including phenoxy) is 1. The summed E-state index contributed by atoms with van der Waals surface area (Å²) in [7, 11) is 1.32. The van der Waals surface area contributed by atoms with Crippen LogP contribution in [0.4, 0.5) is 4.79 Å². The van der Waals surface area contributed by atoms with E-state index in [0.29, 0.717) is 0 Å². The second-order valence-electron chi connectivity index (χ2n) is 6.80. The summed E-state index contributed by atoms with van der Waals surface area (Å²) < 4.78 is 4.71. The third kappa shape index (κ3) is 7.68. The van der Waals surface area contributed by atoms with Crippen LogP contribution in [0.3, 0.4) is 0 Å². The van der Waals surface area contributed by atoms with Crippen molar-refractivity contribution in [3.63, 3.8) is 0 Å². The van der Waals surface area contributed by atoms with Crippen LogP contribution in [0.5, 0.6) is 0 Å². The Morgan fingerprint density at radius 1 is 1.11 bits per heavy atom. The fourth-order valence-corrected chi connectivity index (χ4v) is 3.23. The number of amides is 3. The smallest absolute Gasteiger partial charge is 0.315 e. The van der Waals surface area contributed by atoms with Crippen molar-refractivity contribution in [2.75, 3.05) is 13.7 Å². The molecule has 0 spiro atoms. The minimum absolute atomic E-state index is 0.0574. The van der Waals surface area contributed by atoms with Gasteiger partial charge in [0.25, 0.3) is 0 Å². The average Bonchev–Trinajstić information content (AvgIpc) is 2.68. The Bertz CT molecular complexity index is 615. The number of hydrogen-bond acceptors (Lipinski definition) is 4. The molecular formula is C20H29N3O4. The van der Waals surface area contributed by atoms with Gasteiger partial charge in [0.05, 0.1) is 19.6 Å². The molecule has 1 saturated carbocycles. The Kier molecular flexibility index (Phi) is 8.61. The summed E-state index contributed by atoms with van der Waals surface area (Å²) in [5.74, 6) is -0.625. The van der Waals surface area contributed by atoms with Crippen molar-refractivity contribution in [3.05, 3.63) is 35.9 Å². The summed E-state index contributed by atoms with van der Waals surface area (Å²) in [5.41, 5.74) is 0.833. The molecule has 1 aliphatic rings. The summed E-state index contributed by atoms with van der Waals surface area (Å²) in [6, 6.07) is 8.82. The minimum atomic E-state index is -0.456. The monoisotopic (exact) mass is 375 g/mol. The Labute approximate surface area is 160 Å². The quantitative estimate of drug-likeness (QED) is 0.608. The van der Waals surface area contributed by atoms with Crippen molar-refractivity contribution < 1.29 is 19.1 Å². The molecule has 7 heteroatoms. The van der Waals surface area contributed by atoms with E-state index in [1.807, 2.05) is 30.3 Å². The van der Waals surface area contributed by atoms with E-state index in [1.54, 1.807) is 0 Å². The van der Waals surface area contributed by atoms with E-state index in [1.165, 1.54) is 13.5 Å². The normalized spacial score (nSPS) is 15.4. The zero-order valence-electron chi connectivity index (χ0n) is 15.8. The Morgan fingerprint density at radius 3 is 2.48 bits per heavy atom. The van der Waals surface area contributed by atoms with Gasteiger partial charge in [-0.3, -0.25) is 9.59 Å². The molecule has 27 heavy (non-hydrogen) atoms. The van der Waals surface area contributed by atoms with Gasteiger partial charge in [-0.25, -0.2) is 4.79 Å². The lowest BCUT2D eigenvalue weighted by molar-refractivity contribution is -0.141. The maximum Gasteiger partial charge on any atom is 0.315 e. The zero-order chi connectivity index (χ0) is 19.5. The van der Waals surface area contributed by atoms with E-state index in [0.717, 1.165) is 31.2 Å². The standard InChI is InChI=1S/C20H29N3O4/c1-27-19(25)14-17(15-8-4-2-5-9-15)23-18(24)12-13-21-20(26)22-16-10-6-3-7-11-16/h2,4-5,8-9,16-17H,3,6-7,10-14H2,1H3,(H,23,24)(H2,21,22,26). The summed E-state index contributed by atoms with van der Waals surface area (Å²) in [5, 5.41) is 8.52. The molecule has 1 unspecified atom stereocenters. The van der Waals surface area contributed by atoms with Crippen molar-refractivity contribution in [2.45, 2.75) is 57.0 Å². The maximum atomic E-state index is 12.2. The average molecular weight is 375 g/mol. The highest BCUT2D eigenvalue weighted by atomic mass is 16.5. The van der Waals surface area contributed by atoms with Crippen LogP contribution in [0, 0.1) is 0 Å². The first-order valence-corrected chi connectivity index (χ1v) is 9.54. The largest absolute Gasteiger partial charge is 0.469 e. The number of urea groups is 1. The lowest BCUT2D eigenvalue weighted by Crippen LogP contribution is -2.44. The van der Waals surface area contributed by atoms with Gasteiger partial charge in [0.15, 0.2) is 0 Å². The third-order valence-corrected chi connectivity index (χ3v) is 4.71. The Balaban J connectivity index is 1.75. The summed E-state index contributed by atoms with van der Waals surface area (Å²) >= 11 is 0. The van der Waals surface area contributed by atoms with Gasteiger partial charge < -0.3 is 20.7 Å². The Morgan fingerprint density at radius 2 is 1.81 bits per heavy atom. The number of benzene rings is 1. The summed E-state index contributed by atoms with van der Waals surface area (Å²) in [6.07, 6.45) is 5.75. The highest BCUT2D eigenvalue weighted by molar-refractivity contribution is 5.79. The molecule has 1 aliphatic carbocycles. The van der Waals surface area contributed by atoms with Gasteiger partial charge in [0.1, 0.15) is 0 Å². The van der Waals surface area contributed by atoms with Gasteiger partial charge in [-0.15, -0.1) is 0 Å². The molecule has 1 fully saturated rings.